The van der Waals surface area contributed by atoms with Gasteiger partial charge in [0.2, 0.25) is 0 Å². The van der Waals surface area contributed by atoms with Gasteiger partial charge in [-0.15, -0.1) is 0 Å². The van der Waals surface area contributed by atoms with Crippen LogP contribution in [-0.4, -0.2) is 18.5 Å². The molecular weight excluding hydrogens is 140 g/mol. The lowest BCUT2D eigenvalue weighted by Gasteiger charge is -2.00. The summed E-state index contributed by atoms with van der Waals surface area (Å²) in [4.78, 5) is 3.84. The largest absolute Gasteiger partial charge is 0.296 e. The lowest BCUT2D eigenvalue weighted by Crippen LogP contribution is -1.94. The van der Waals surface area contributed by atoms with Gasteiger partial charge in [0.05, 0.1) is 5.69 Å². The summed E-state index contributed by atoms with van der Waals surface area (Å²) in [6.07, 6.45) is 1.68. The molecule has 0 heterocycles. The van der Waals surface area contributed by atoms with Gasteiger partial charge in [-0.3, -0.25) is 15.7 Å². The Morgan fingerprint density at radius 1 is 1.45 bits per heavy atom. The first-order valence-corrected chi connectivity index (χ1v) is 3.30. The highest BCUT2D eigenvalue weighted by Gasteiger charge is 1.94. The van der Waals surface area contributed by atoms with Crippen LogP contribution in [0.1, 0.15) is 5.56 Å². The molecule has 0 fully saturated rings. The van der Waals surface area contributed by atoms with Crippen molar-refractivity contribution in [1.82, 2.24) is 0 Å². The van der Waals surface area contributed by atoms with Crippen molar-refractivity contribution in [3.05, 3.63) is 29.8 Å². The van der Waals surface area contributed by atoms with E-state index in [9.17, 15) is 0 Å². The van der Waals surface area contributed by atoms with Crippen LogP contribution in [0, 0.1) is 0 Å². The summed E-state index contributed by atoms with van der Waals surface area (Å²) >= 11 is 0. The van der Waals surface area contributed by atoms with Gasteiger partial charge in [-0.05, 0) is 6.07 Å². The van der Waals surface area contributed by atoms with Gasteiger partial charge in [-0.2, -0.15) is 0 Å². The SMILES string of the molecule is CN=Cc1ccccc1NO. The topological polar surface area (TPSA) is 44.6 Å². The zero-order valence-corrected chi connectivity index (χ0v) is 6.28. The second-order valence-electron chi connectivity index (χ2n) is 2.09. The third-order valence-electron chi connectivity index (χ3n) is 1.35. The van der Waals surface area contributed by atoms with E-state index in [1.54, 1.807) is 19.3 Å². The first kappa shape index (κ1) is 7.75. The molecule has 0 aliphatic carbocycles. The van der Waals surface area contributed by atoms with E-state index < -0.39 is 0 Å². The van der Waals surface area contributed by atoms with Crippen molar-refractivity contribution in [3.8, 4) is 0 Å². The number of para-hydroxylation sites is 1. The molecule has 0 radical (unpaired) electrons. The summed E-state index contributed by atoms with van der Waals surface area (Å²) in [5.41, 5.74) is 3.63. The van der Waals surface area contributed by atoms with E-state index in [-0.39, 0.29) is 0 Å². The zero-order valence-electron chi connectivity index (χ0n) is 6.28. The molecule has 0 spiro atoms. The van der Waals surface area contributed by atoms with Gasteiger partial charge in [0.1, 0.15) is 0 Å². The molecule has 1 aromatic carbocycles. The zero-order chi connectivity index (χ0) is 8.10. The molecule has 0 aliphatic rings. The molecule has 0 saturated heterocycles. The Bertz CT molecular complexity index is 258. The van der Waals surface area contributed by atoms with Crippen LogP contribution in [-0.2, 0) is 0 Å². The molecule has 1 aromatic rings. The highest BCUT2D eigenvalue weighted by molar-refractivity contribution is 5.87. The molecule has 0 bridgehead atoms. The molecule has 0 aliphatic heterocycles. The van der Waals surface area contributed by atoms with Crippen LogP contribution in [0.5, 0.6) is 0 Å². The Morgan fingerprint density at radius 3 is 2.82 bits per heavy atom. The van der Waals surface area contributed by atoms with Crippen molar-refractivity contribution < 1.29 is 5.21 Å². The maximum Gasteiger partial charge on any atom is 0.0689 e. The van der Waals surface area contributed by atoms with Crippen LogP contribution < -0.4 is 5.48 Å². The molecule has 2 N–H and O–H groups in total. The Labute approximate surface area is 65.4 Å². The summed E-state index contributed by atoms with van der Waals surface area (Å²) < 4.78 is 0. The van der Waals surface area contributed by atoms with Crippen molar-refractivity contribution in [2.24, 2.45) is 4.99 Å². The van der Waals surface area contributed by atoms with Crippen molar-refractivity contribution in [3.63, 3.8) is 0 Å². The van der Waals surface area contributed by atoms with Crippen molar-refractivity contribution in [2.75, 3.05) is 12.5 Å². The van der Waals surface area contributed by atoms with Crippen molar-refractivity contribution in [2.45, 2.75) is 0 Å². The number of benzene rings is 1. The molecule has 0 unspecified atom stereocenters. The van der Waals surface area contributed by atoms with E-state index in [1.807, 2.05) is 18.2 Å². The number of nitrogens with one attached hydrogen (secondary N) is 1. The molecule has 58 valence electrons. The fourth-order valence-corrected chi connectivity index (χ4v) is 0.850. The molecule has 0 amide bonds. The van der Waals surface area contributed by atoms with E-state index in [0.717, 1.165) is 5.56 Å². The normalized spacial score (nSPS) is 10.4. The average molecular weight is 150 g/mol. The fourth-order valence-electron chi connectivity index (χ4n) is 0.850. The smallest absolute Gasteiger partial charge is 0.0689 e. The standard InChI is InChI=1S/C8H10N2O/c1-9-6-7-4-2-3-5-8(7)10-11/h2-6,10-11H,1H3. The van der Waals surface area contributed by atoms with Gasteiger partial charge in [0.25, 0.3) is 0 Å². The van der Waals surface area contributed by atoms with Crippen molar-refractivity contribution in [1.29, 1.82) is 0 Å². The average Bonchev–Trinajstić information content (AvgIpc) is 2.06. The van der Waals surface area contributed by atoms with Gasteiger partial charge in [0.15, 0.2) is 0 Å². The molecule has 0 atom stereocenters. The van der Waals surface area contributed by atoms with E-state index in [2.05, 4.69) is 10.5 Å². The number of anilines is 1. The number of nitrogens with zero attached hydrogens (tertiary/aromatic N) is 1. The number of rotatable bonds is 2. The number of aliphatic imine (C=N–C) groups is 1. The lowest BCUT2D eigenvalue weighted by atomic mass is 10.2. The van der Waals surface area contributed by atoms with E-state index in [1.165, 1.54) is 0 Å². The maximum atomic E-state index is 8.63. The monoisotopic (exact) mass is 150 g/mol. The predicted molar refractivity (Wildman–Crippen MR) is 45.4 cm³/mol. The minimum absolute atomic E-state index is 0.665. The molecule has 3 heteroatoms. The van der Waals surface area contributed by atoms with Crippen LogP contribution in [0.4, 0.5) is 5.69 Å². The molecule has 3 nitrogen and oxygen atoms in total. The van der Waals surface area contributed by atoms with Crippen LogP contribution in [0.3, 0.4) is 0 Å². The first-order valence-electron chi connectivity index (χ1n) is 3.30. The quantitative estimate of drug-likeness (QED) is 0.496. The molecule has 1 rings (SSSR count). The van der Waals surface area contributed by atoms with E-state index in [0.29, 0.717) is 5.69 Å². The Balaban J connectivity index is 3.02. The minimum atomic E-state index is 0.665. The van der Waals surface area contributed by atoms with Gasteiger partial charge >= 0.3 is 0 Å². The van der Waals surface area contributed by atoms with Gasteiger partial charge in [-0.25, -0.2) is 0 Å². The molecule has 0 saturated carbocycles. The predicted octanol–water partition coefficient (Wildman–Crippen LogP) is 1.54. The lowest BCUT2D eigenvalue weighted by molar-refractivity contribution is 0.389. The van der Waals surface area contributed by atoms with Crippen LogP contribution in [0.25, 0.3) is 0 Å². The van der Waals surface area contributed by atoms with Crippen molar-refractivity contribution >= 4 is 11.9 Å². The summed E-state index contributed by atoms with van der Waals surface area (Å²) in [5.74, 6) is 0. The second-order valence-corrected chi connectivity index (χ2v) is 2.09. The number of hydrogen-bond donors (Lipinski definition) is 2. The first-order chi connectivity index (χ1) is 5.38. The second kappa shape index (κ2) is 3.73. The highest BCUT2D eigenvalue weighted by Crippen LogP contribution is 2.10. The molecular formula is C8H10N2O. The third-order valence-corrected chi connectivity index (χ3v) is 1.35. The summed E-state index contributed by atoms with van der Waals surface area (Å²) in [5, 5.41) is 8.63. The maximum absolute atomic E-state index is 8.63. The Kier molecular flexibility index (Phi) is 2.63. The van der Waals surface area contributed by atoms with E-state index in [4.69, 9.17) is 5.21 Å². The minimum Gasteiger partial charge on any atom is -0.296 e. The van der Waals surface area contributed by atoms with Gasteiger partial charge < -0.3 is 0 Å². The highest BCUT2D eigenvalue weighted by atomic mass is 16.5. The van der Waals surface area contributed by atoms with Gasteiger partial charge in [-0.1, -0.05) is 18.2 Å². The summed E-state index contributed by atoms with van der Waals surface area (Å²) in [7, 11) is 1.69. The fraction of sp³-hybridized carbons (Fsp3) is 0.125. The van der Waals surface area contributed by atoms with Crippen LogP contribution in [0.15, 0.2) is 29.3 Å². The third kappa shape index (κ3) is 1.78. The van der Waals surface area contributed by atoms with Crippen LogP contribution in [0.2, 0.25) is 0 Å². The number of hydrogen-bond acceptors (Lipinski definition) is 3. The van der Waals surface area contributed by atoms with E-state index >= 15 is 0 Å². The molecule has 0 aromatic heterocycles. The Morgan fingerprint density at radius 2 is 2.18 bits per heavy atom. The summed E-state index contributed by atoms with van der Waals surface area (Å²) in [6.45, 7) is 0. The molecule has 11 heavy (non-hydrogen) atoms. The van der Waals surface area contributed by atoms with Crippen LogP contribution >= 0.6 is 0 Å². The summed E-state index contributed by atoms with van der Waals surface area (Å²) in [6, 6.07) is 7.37. The Hall–Kier alpha value is -1.35. The van der Waals surface area contributed by atoms with Gasteiger partial charge in [0, 0.05) is 18.8 Å².